The molecular formula is C22H26N4O. The molecule has 0 spiro atoms. The standard InChI is InChI=1S/C22H26N4O/c1-15(2)17-5-8-24-20(11-17)26-21-13-18(12-19(25-21)16-3-4-16)22(14-23)6-9-27-10-7-22/h5,8,11-13,15-16H,3-4,6-7,9-10H2,1-2H3,(H,24,25,26). The fourth-order valence-electron chi connectivity index (χ4n) is 3.67. The van der Waals surface area contributed by atoms with E-state index in [0.29, 0.717) is 25.0 Å². The molecule has 5 nitrogen and oxygen atoms in total. The highest BCUT2D eigenvalue weighted by Crippen LogP contribution is 2.43. The van der Waals surface area contributed by atoms with E-state index < -0.39 is 5.41 Å². The van der Waals surface area contributed by atoms with E-state index in [1.807, 2.05) is 18.3 Å². The van der Waals surface area contributed by atoms with Crippen LogP contribution < -0.4 is 5.32 Å². The van der Waals surface area contributed by atoms with Crippen LogP contribution in [-0.2, 0) is 10.2 Å². The van der Waals surface area contributed by atoms with Crippen LogP contribution in [-0.4, -0.2) is 23.2 Å². The van der Waals surface area contributed by atoms with Crippen molar-refractivity contribution in [1.82, 2.24) is 9.97 Å². The summed E-state index contributed by atoms with van der Waals surface area (Å²) in [6.07, 6.45) is 5.66. The van der Waals surface area contributed by atoms with Gasteiger partial charge in [0.1, 0.15) is 11.6 Å². The topological polar surface area (TPSA) is 70.8 Å². The van der Waals surface area contributed by atoms with Gasteiger partial charge in [-0.05, 0) is 67.0 Å². The number of hydrogen-bond acceptors (Lipinski definition) is 5. The van der Waals surface area contributed by atoms with Gasteiger partial charge in [0.05, 0.1) is 11.5 Å². The normalized spacial score (nSPS) is 18.9. The zero-order chi connectivity index (χ0) is 18.9. The van der Waals surface area contributed by atoms with E-state index in [2.05, 4.69) is 42.4 Å². The Labute approximate surface area is 160 Å². The molecule has 1 aliphatic heterocycles. The third-order valence-electron chi connectivity index (χ3n) is 5.66. The fraction of sp³-hybridized carbons (Fsp3) is 0.500. The van der Waals surface area contributed by atoms with Gasteiger partial charge in [0.2, 0.25) is 0 Å². The second kappa shape index (κ2) is 7.28. The van der Waals surface area contributed by atoms with Crippen LogP contribution in [0.1, 0.15) is 68.2 Å². The van der Waals surface area contributed by atoms with E-state index in [4.69, 9.17) is 9.72 Å². The molecule has 0 atom stereocenters. The van der Waals surface area contributed by atoms with Crippen molar-refractivity contribution < 1.29 is 4.74 Å². The van der Waals surface area contributed by atoms with E-state index in [1.165, 1.54) is 18.4 Å². The molecular weight excluding hydrogens is 336 g/mol. The van der Waals surface area contributed by atoms with Crippen molar-refractivity contribution in [3.05, 3.63) is 47.3 Å². The third kappa shape index (κ3) is 3.81. The van der Waals surface area contributed by atoms with Gasteiger partial charge in [0.25, 0.3) is 0 Å². The SMILES string of the molecule is CC(C)c1ccnc(Nc2cc(C3(C#N)CCOCC3)cc(C3CC3)n2)c1. The van der Waals surface area contributed by atoms with E-state index in [1.54, 1.807) is 0 Å². The van der Waals surface area contributed by atoms with Gasteiger partial charge in [0.15, 0.2) is 0 Å². The van der Waals surface area contributed by atoms with Gasteiger partial charge in [-0.15, -0.1) is 0 Å². The Balaban J connectivity index is 1.69. The van der Waals surface area contributed by atoms with Crippen molar-refractivity contribution in [2.75, 3.05) is 18.5 Å². The summed E-state index contributed by atoms with van der Waals surface area (Å²) in [5.41, 5.74) is 2.92. The number of nitrogens with zero attached hydrogens (tertiary/aromatic N) is 3. The Morgan fingerprint density at radius 3 is 2.63 bits per heavy atom. The Hall–Kier alpha value is -2.45. The maximum Gasteiger partial charge on any atom is 0.132 e. The number of ether oxygens (including phenoxy) is 1. The van der Waals surface area contributed by atoms with Crippen molar-refractivity contribution in [3.63, 3.8) is 0 Å². The Bertz CT molecular complexity index is 861. The first-order chi connectivity index (χ1) is 13.1. The van der Waals surface area contributed by atoms with Crippen LogP contribution in [0.4, 0.5) is 11.6 Å². The minimum Gasteiger partial charge on any atom is -0.381 e. The zero-order valence-corrected chi connectivity index (χ0v) is 16.0. The lowest BCUT2D eigenvalue weighted by atomic mass is 9.75. The minimum atomic E-state index is -0.478. The molecule has 5 heteroatoms. The van der Waals surface area contributed by atoms with E-state index in [9.17, 15) is 5.26 Å². The molecule has 0 aromatic carbocycles. The monoisotopic (exact) mass is 362 g/mol. The number of pyridine rings is 2. The highest BCUT2D eigenvalue weighted by atomic mass is 16.5. The molecule has 0 amide bonds. The smallest absolute Gasteiger partial charge is 0.132 e. The molecule has 0 radical (unpaired) electrons. The second-order valence-electron chi connectivity index (χ2n) is 8.00. The van der Waals surface area contributed by atoms with E-state index in [-0.39, 0.29) is 0 Å². The first kappa shape index (κ1) is 17.9. The first-order valence-electron chi connectivity index (χ1n) is 9.84. The molecule has 3 heterocycles. The van der Waals surface area contributed by atoms with Gasteiger partial charge >= 0.3 is 0 Å². The van der Waals surface area contributed by atoms with Crippen LogP contribution in [0, 0.1) is 11.3 Å². The van der Waals surface area contributed by atoms with Crippen LogP contribution in [0.2, 0.25) is 0 Å². The van der Waals surface area contributed by atoms with Gasteiger partial charge in [-0.3, -0.25) is 0 Å². The molecule has 0 unspecified atom stereocenters. The quantitative estimate of drug-likeness (QED) is 0.828. The lowest BCUT2D eigenvalue weighted by Crippen LogP contribution is -2.32. The molecule has 1 N–H and O–H groups in total. The van der Waals surface area contributed by atoms with Crippen LogP contribution in [0.25, 0.3) is 0 Å². The second-order valence-corrected chi connectivity index (χ2v) is 8.00. The van der Waals surface area contributed by atoms with Gasteiger partial charge in [-0.1, -0.05) is 13.8 Å². The number of nitriles is 1. The minimum absolute atomic E-state index is 0.443. The predicted molar refractivity (Wildman–Crippen MR) is 105 cm³/mol. The van der Waals surface area contributed by atoms with Gasteiger partial charge < -0.3 is 10.1 Å². The van der Waals surface area contributed by atoms with E-state index >= 15 is 0 Å². The summed E-state index contributed by atoms with van der Waals surface area (Å²) >= 11 is 0. The molecule has 2 aromatic heterocycles. The van der Waals surface area contributed by atoms with E-state index in [0.717, 1.165) is 35.7 Å². The van der Waals surface area contributed by atoms with Crippen LogP contribution in [0.3, 0.4) is 0 Å². The van der Waals surface area contributed by atoms with Crippen LogP contribution in [0.5, 0.6) is 0 Å². The summed E-state index contributed by atoms with van der Waals surface area (Å²) in [5, 5.41) is 13.3. The number of nitrogens with one attached hydrogen (secondary N) is 1. The average Bonchev–Trinajstić information content (AvgIpc) is 3.54. The molecule has 2 aliphatic rings. The maximum atomic E-state index is 9.96. The van der Waals surface area contributed by atoms with Crippen molar-refractivity contribution in [2.45, 2.75) is 56.8 Å². The van der Waals surface area contributed by atoms with Gasteiger partial charge in [-0.25, -0.2) is 9.97 Å². The number of aromatic nitrogens is 2. The summed E-state index contributed by atoms with van der Waals surface area (Å²) in [6.45, 7) is 5.61. The summed E-state index contributed by atoms with van der Waals surface area (Å²) in [6, 6.07) is 10.9. The number of rotatable bonds is 5. The third-order valence-corrected chi connectivity index (χ3v) is 5.66. The molecule has 0 bridgehead atoms. The highest BCUT2D eigenvalue weighted by molar-refractivity contribution is 5.56. The molecule has 27 heavy (non-hydrogen) atoms. The van der Waals surface area contributed by atoms with Crippen molar-refractivity contribution >= 4 is 11.6 Å². The molecule has 4 rings (SSSR count). The zero-order valence-electron chi connectivity index (χ0n) is 16.0. The molecule has 1 aliphatic carbocycles. The van der Waals surface area contributed by atoms with Gasteiger partial charge in [0, 0.05) is 31.0 Å². The number of anilines is 2. The highest BCUT2D eigenvalue weighted by Gasteiger charge is 2.36. The lowest BCUT2D eigenvalue weighted by molar-refractivity contribution is 0.0675. The maximum absolute atomic E-state index is 9.96. The van der Waals surface area contributed by atoms with Crippen molar-refractivity contribution in [1.29, 1.82) is 5.26 Å². The molecule has 1 saturated carbocycles. The van der Waals surface area contributed by atoms with Crippen molar-refractivity contribution in [3.8, 4) is 6.07 Å². The summed E-state index contributed by atoms with van der Waals surface area (Å²) in [4.78, 5) is 9.28. The van der Waals surface area contributed by atoms with Crippen LogP contribution in [0.15, 0.2) is 30.5 Å². The average molecular weight is 362 g/mol. The largest absolute Gasteiger partial charge is 0.381 e. The number of hydrogen-bond donors (Lipinski definition) is 1. The molecule has 2 fully saturated rings. The predicted octanol–water partition coefficient (Wildman–Crippen LogP) is 4.79. The molecule has 2 aromatic rings. The summed E-state index contributed by atoms with van der Waals surface area (Å²) < 4.78 is 5.51. The molecule has 140 valence electrons. The Morgan fingerprint density at radius 2 is 1.96 bits per heavy atom. The Morgan fingerprint density at radius 1 is 1.19 bits per heavy atom. The van der Waals surface area contributed by atoms with Crippen LogP contribution >= 0.6 is 0 Å². The fourth-order valence-corrected chi connectivity index (χ4v) is 3.67. The lowest BCUT2D eigenvalue weighted by Gasteiger charge is -2.31. The summed E-state index contributed by atoms with van der Waals surface area (Å²) in [7, 11) is 0. The van der Waals surface area contributed by atoms with Crippen molar-refractivity contribution in [2.24, 2.45) is 0 Å². The Kier molecular flexibility index (Phi) is 4.84. The van der Waals surface area contributed by atoms with Gasteiger partial charge in [-0.2, -0.15) is 5.26 Å². The molecule has 1 saturated heterocycles. The first-order valence-corrected chi connectivity index (χ1v) is 9.84. The summed E-state index contributed by atoms with van der Waals surface area (Å²) in [5.74, 6) is 2.55.